The van der Waals surface area contributed by atoms with E-state index in [1.165, 1.54) is 37.7 Å². The zero-order valence-corrected chi connectivity index (χ0v) is 21.5. The minimum atomic E-state index is -0.200. The van der Waals surface area contributed by atoms with E-state index in [0.717, 1.165) is 29.2 Å². The van der Waals surface area contributed by atoms with Gasteiger partial charge in [0.15, 0.2) is 0 Å². The van der Waals surface area contributed by atoms with Crippen molar-refractivity contribution in [3.05, 3.63) is 77.0 Å². The third kappa shape index (κ3) is 5.76. The summed E-state index contributed by atoms with van der Waals surface area (Å²) in [5.74, 6) is 1.49. The summed E-state index contributed by atoms with van der Waals surface area (Å²) in [6, 6.07) is 15.3. The fourth-order valence-electron chi connectivity index (χ4n) is 4.87. The van der Waals surface area contributed by atoms with Crippen molar-refractivity contribution in [1.82, 2.24) is 4.98 Å². The Morgan fingerprint density at radius 3 is 2.50 bits per heavy atom. The monoisotopic (exact) mass is 486 g/mol. The Morgan fingerprint density at radius 1 is 1.03 bits per heavy atom. The number of unbranched alkanes of at least 4 members (excludes halogenated alkanes) is 1. The van der Waals surface area contributed by atoms with Gasteiger partial charge in [0.25, 0.3) is 5.91 Å². The van der Waals surface area contributed by atoms with E-state index in [4.69, 9.17) is 0 Å². The van der Waals surface area contributed by atoms with Crippen LogP contribution in [0.2, 0.25) is 0 Å². The molecule has 2 atom stereocenters. The highest BCUT2D eigenvalue weighted by Gasteiger charge is 2.22. The zero-order chi connectivity index (χ0) is 25.5. The van der Waals surface area contributed by atoms with Crippen molar-refractivity contribution in [3.8, 4) is 5.75 Å². The first-order chi connectivity index (χ1) is 17.5. The number of phenolic OH excluding ortho intramolecular Hbond substituents is 1. The number of H-pyrrole nitrogens is 1. The molecule has 5 N–H and O–H groups in total. The molecule has 6 nitrogen and oxygen atoms in total. The molecular formula is C30H38N4O2. The standard InChI is InChI=1S/C30H38N4O2/c1-4-7-11-20(10-5-2)21-14-16-22(17-15-21)30(36)34-28-23-18-19-27(33-29(23)32-24(28)6-3)31-25-12-8-9-13-26(25)35/h8-9,12-20,27,31-33,35H,4-7,10-11H2,1-3H3,(H,34,36). The number of fused-ring (bicyclic) bond motifs is 1. The van der Waals surface area contributed by atoms with E-state index in [1.54, 1.807) is 12.1 Å². The van der Waals surface area contributed by atoms with Gasteiger partial charge in [-0.1, -0.05) is 64.3 Å². The number of hydrogen-bond acceptors (Lipinski definition) is 4. The van der Waals surface area contributed by atoms with Gasteiger partial charge in [-0.2, -0.15) is 0 Å². The van der Waals surface area contributed by atoms with E-state index >= 15 is 0 Å². The smallest absolute Gasteiger partial charge is 0.255 e. The van der Waals surface area contributed by atoms with E-state index in [-0.39, 0.29) is 17.8 Å². The molecule has 6 heteroatoms. The highest BCUT2D eigenvalue weighted by molar-refractivity contribution is 6.06. The van der Waals surface area contributed by atoms with E-state index in [2.05, 4.69) is 53.8 Å². The zero-order valence-electron chi connectivity index (χ0n) is 21.5. The molecule has 0 saturated carbocycles. The molecule has 0 fully saturated rings. The molecule has 2 unspecified atom stereocenters. The average Bonchev–Trinajstić information content (AvgIpc) is 3.24. The second-order valence-corrected chi connectivity index (χ2v) is 9.47. The molecule has 1 amide bonds. The number of aromatic amines is 1. The number of para-hydroxylation sites is 2. The van der Waals surface area contributed by atoms with Gasteiger partial charge in [-0.3, -0.25) is 4.79 Å². The van der Waals surface area contributed by atoms with Crippen LogP contribution in [0.15, 0.2) is 54.6 Å². The summed E-state index contributed by atoms with van der Waals surface area (Å²) in [5, 5.41) is 19.9. The van der Waals surface area contributed by atoms with Crippen molar-refractivity contribution in [2.24, 2.45) is 0 Å². The molecule has 0 aliphatic carbocycles. The number of phenols is 1. The second-order valence-electron chi connectivity index (χ2n) is 9.47. The molecule has 2 heterocycles. The predicted octanol–water partition coefficient (Wildman–Crippen LogP) is 7.49. The Hall–Kier alpha value is -3.67. The van der Waals surface area contributed by atoms with E-state index in [9.17, 15) is 9.90 Å². The van der Waals surface area contributed by atoms with E-state index < -0.39 is 0 Å². The first-order valence-electron chi connectivity index (χ1n) is 13.2. The summed E-state index contributed by atoms with van der Waals surface area (Å²) >= 11 is 0. The van der Waals surface area contributed by atoms with Crippen LogP contribution in [0, 0.1) is 0 Å². The quantitative estimate of drug-likeness (QED) is 0.182. The molecule has 3 aromatic rings. The van der Waals surface area contributed by atoms with Crippen LogP contribution in [0.4, 0.5) is 17.2 Å². The van der Waals surface area contributed by atoms with Crippen molar-refractivity contribution in [3.63, 3.8) is 0 Å². The maximum atomic E-state index is 13.2. The Labute approximate surface area is 214 Å². The number of aryl methyl sites for hydroxylation is 1. The van der Waals surface area contributed by atoms with Gasteiger partial charge in [0.05, 0.1) is 11.4 Å². The Kier molecular flexibility index (Phi) is 8.36. The molecule has 190 valence electrons. The lowest BCUT2D eigenvalue weighted by Gasteiger charge is -2.23. The highest BCUT2D eigenvalue weighted by Crippen LogP contribution is 2.35. The highest BCUT2D eigenvalue weighted by atomic mass is 16.3. The third-order valence-electron chi connectivity index (χ3n) is 6.87. The van der Waals surface area contributed by atoms with Gasteiger partial charge in [0.2, 0.25) is 0 Å². The third-order valence-corrected chi connectivity index (χ3v) is 6.87. The topological polar surface area (TPSA) is 89.2 Å². The SMILES string of the molecule is CCCCC(CCC)c1ccc(C(=O)Nc2c(CC)[nH]c3c2C=CC(Nc2ccccc2O)N3)cc1. The maximum absolute atomic E-state index is 13.2. The Bertz CT molecular complexity index is 1200. The van der Waals surface area contributed by atoms with Gasteiger partial charge < -0.3 is 26.0 Å². The molecule has 1 aliphatic heterocycles. The van der Waals surface area contributed by atoms with Crippen molar-refractivity contribution in [2.45, 2.75) is 71.4 Å². The number of rotatable bonds is 11. The molecule has 1 aliphatic rings. The van der Waals surface area contributed by atoms with Gasteiger partial charge >= 0.3 is 0 Å². The number of aromatic hydroxyl groups is 1. The summed E-state index contributed by atoms with van der Waals surface area (Å²) in [4.78, 5) is 16.6. The fourth-order valence-corrected chi connectivity index (χ4v) is 4.87. The molecule has 36 heavy (non-hydrogen) atoms. The number of aromatic nitrogens is 1. The first-order valence-corrected chi connectivity index (χ1v) is 13.2. The second kappa shape index (κ2) is 11.8. The van der Waals surface area contributed by atoms with Crippen LogP contribution in [0.25, 0.3) is 6.08 Å². The summed E-state index contributed by atoms with van der Waals surface area (Å²) in [5.41, 5.74) is 5.33. The first kappa shape index (κ1) is 25.4. The number of benzene rings is 2. The molecule has 4 rings (SSSR count). The van der Waals surface area contributed by atoms with Gasteiger partial charge in [0.1, 0.15) is 17.7 Å². The van der Waals surface area contributed by atoms with Gasteiger partial charge in [0, 0.05) is 16.8 Å². The predicted molar refractivity (Wildman–Crippen MR) is 150 cm³/mol. The minimum absolute atomic E-state index is 0.110. The summed E-state index contributed by atoms with van der Waals surface area (Å²) in [6.07, 6.45) is 10.5. The van der Waals surface area contributed by atoms with Crippen molar-refractivity contribution in [1.29, 1.82) is 0 Å². The molecule has 2 aromatic carbocycles. The van der Waals surface area contributed by atoms with Crippen LogP contribution >= 0.6 is 0 Å². The maximum Gasteiger partial charge on any atom is 0.255 e. The lowest BCUT2D eigenvalue weighted by molar-refractivity contribution is 0.102. The number of anilines is 3. The fraction of sp³-hybridized carbons (Fsp3) is 0.367. The van der Waals surface area contributed by atoms with Crippen LogP contribution in [0.3, 0.4) is 0 Å². The number of amides is 1. The number of carbonyl (C=O) groups excluding carboxylic acids is 1. The minimum Gasteiger partial charge on any atom is -0.506 e. The average molecular weight is 487 g/mol. The number of nitrogens with one attached hydrogen (secondary N) is 4. The molecule has 0 spiro atoms. The Balaban J connectivity index is 1.47. The van der Waals surface area contributed by atoms with Crippen LogP contribution in [0.1, 0.15) is 86.0 Å². The lowest BCUT2D eigenvalue weighted by Crippen LogP contribution is -2.28. The van der Waals surface area contributed by atoms with Crippen molar-refractivity contribution < 1.29 is 9.90 Å². The van der Waals surface area contributed by atoms with Gasteiger partial charge in [-0.05, 0) is 67.2 Å². The van der Waals surface area contributed by atoms with E-state index in [1.807, 2.05) is 36.4 Å². The molecular weight excluding hydrogens is 448 g/mol. The van der Waals surface area contributed by atoms with Gasteiger partial charge in [-0.15, -0.1) is 0 Å². The lowest BCUT2D eigenvalue weighted by atomic mass is 9.89. The normalized spacial score (nSPS) is 15.1. The van der Waals surface area contributed by atoms with E-state index in [0.29, 0.717) is 17.2 Å². The van der Waals surface area contributed by atoms with Crippen LogP contribution in [-0.4, -0.2) is 22.2 Å². The molecule has 1 aromatic heterocycles. The van der Waals surface area contributed by atoms with Crippen LogP contribution < -0.4 is 16.0 Å². The summed E-state index contributed by atoms with van der Waals surface area (Å²) in [7, 11) is 0. The summed E-state index contributed by atoms with van der Waals surface area (Å²) < 4.78 is 0. The molecule has 0 bridgehead atoms. The molecule has 0 saturated heterocycles. The van der Waals surface area contributed by atoms with Crippen LogP contribution in [0.5, 0.6) is 5.75 Å². The van der Waals surface area contributed by atoms with Crippen molar-refractivity contribution in [2.75, 3.05) is 16.0 Å². The summed E-state index contributed by atoms with van der Waals surface area (Å²) in [6.45, 7) is 6.53. The number of hydrogen-bond donors (Lipinski definition) is 5. The van der Waals surface area contributed by atoms with Gasteiger partial charge in [-0.25, -0.2) is 0 Å². The molecule has 0 radical (unpaired) electrons. The largest absolute Gasteiger partial charge is 0.506 e. The van der Waals surface area contributed by atoms with Crippen molar-refractivity contribution >= 4 is 29.2 Å². The number of carbonyl (C=O) groups is 1. The van der Waals surface area contributed by atoms with Crippen LogP contribution in [-0.2, 0) is 6.42 Å². The Morgan fingerprint density at radius 2 is 1.81 bits per heavy atom.